The highest BCUT2D eigenvalue weighted by molar-refractivity contribution is 6.83. The van der Waals surface area contributed by atoms with E-state index in [1.54, 1.807) is 6.92 Å². The average molecular weight is 407 g/mol. The zero-order chi connectivity index (χ0) is 21.2. The predicted molar refractivity (Wildman–Crippen MR) is 122 cm³/mol. The monoisotopic (exact) mass is 406 g/mol. The van der Waals surface area contributed by atoms with E-state index >= 15 is 0 Å². The van der Waals surface area contributed by atoms with Gasteiger partial charge in [0.25, 0.3) is 0 Å². The van der Waals surface area contributed by atoms with E-state index in [1.165, 1.54) is 21.9 Å². The summed E-state index contributed by atoms with van der Waals surface area (Å²) in [7, 11) is -3.58. The summed E-state index contributed by atoms with van der Waals surface area (Å²) in [6, 6.07) is 0. The first-order chi connectivity index (χ1) is 11.9. The molecule has 4 heteroatoms. The molecule has 154 valence electrons. The van der Waals surface area contributed by atoms with E-state index in [2.05, 4.69) is 74.3 Å². The summed E-state index contributed by atoms with van der Waals surface area (Å²) in [4.78, 5) is 12.6. The van der Waals surface area contributed by atoms with Gasteiger partial charge in [0, 0.05) is 5.92 Å². The van der Waals surface area contributed by atoms with Gasteiger partial charge in [-0.2, -0.15) is 0 Å². The molecule has 0 saturated heterocycles. The molecule has 27 heavy (non-hydrogen) atoms. The van der Waals surface area contributed by atoms with Crippen molar-refractivity contribution in [2.24, 2.45) is 11.3 Å². The summed E-state index contributed by atoms with van der Waals surface area (Å²) in [5.74, 6) is 0.393. The van der Waals surface area contributed by atoms with E-state index in [4.69, 9.17) is 4.43 Å². The molecular formula is C23H42O2Si2. The van der Waals surface area contributed by atoms with Crippen LogP contribution in [0.2, 0.25) is 37.8 Å². The molecule has 0 aromatic heterocycles. The zero-order valence-corrected chi connectivity index (χ0v) is 21.9. The smallest absolute Gasteiger partial charge is 0.192 e. The van der Waals surface area contributed by atoms with E-state index < -0.39 is 16.4 Å². The van der Waals surface area contributed by atoms with Crippen molar-refractivity contribution >= 4 is 22.2 Å². The van der Waals surface area contributed by atoms with Crippen LogP contribution in [-0.4, -0.2) is 28.3 Å². The quantitative estimate of drug-likeness (QED) is 0.474. The minimum atomic E-state index is -1.92. The number of carbonyl (C=O) groups is 1. The first kappa shape index (κ1) is 22.8. The summed E-state index contributed by atoms with van der Waals surface area (Å²) in [5, 5.41) is 1.66. The molecule has 1 fully saturated rings. The fourth-order valence-electron chi connectivity index (χ4n) is 4.56. The van der Waals surface area contributed by atoms with Crippen molar-refractivity contribution in [1.29, 1.82) is 0 Å². The summed E-state index contributed by atoms with van der Waals surface area (Å²) in [6.45, 7) is 27.6. The maximum absolute atomic E-state index is 12.6. The Morgan fingerprint density at radius 3 is 2.04 bits per heavy atom. The van der Waals surface area contributed by atoms with Gasteiger partial charge < -0.3 is 4.43 Å². The van der Waals surface area contributed by atoms with Crippen LogP contribution in [0.15, 0.2) is 21.9 Å². The molecule has 0 bridgehead atoms. The van der Waals surface area contributed by atoms with Gasteiger partial charge in [-0.15, -0.1) is 0 Å². The number of hydrogen-bond donors (Lipinski definition) is 0. The molecular weight excluding hydrogens is 364 g/mol. The van der Waals surface area contributed by atoms with Crippen molar-refractivity contribution in [2.75, 3.05) is 0 Å². The number of allylic oxidation sites excluding steroid dienone is 2. The lowest BCUT2D eigenvalue weighted by atomic mass is 9.84. The van der Waals surface area contributed by atoms with Gasteiger partial charge in [0.15, 0.2) is 8.32 Å². The van der Waals surface area contributed by atoms with Gasteiger partial charge in [-0.25, -0.2) is 0 Å². The van der Waals surface area contributed by atoms with Crippen LogP contribution in [0.3, 0.4) is 0 Å². The van der Waals surface area contributed by atoms with Crippen LogP contribution < -0.4 is 0 Å². The molecule has 2 atom stereocenters. The van der Waals surface area contributed by atoms with E-state index in [-0.39, 0.29) is 22.5 Å². The summed E-state index contributed by atoms with van der Waals surface area (Å²) in [5.41, 5.74) is 4.45. The largest absolute Gasteiger partial charge is 0.409 e. The molecule has 0 spiro atoms. The van der Waals surface area contributed by atoms with E-state index in [9.17, 15) is 4.79 Å². The second-order valence-electron chi connectivity index (χ2n) is 12.1. The molecule has 0 N–H and O–H groups in total. The van der Waals surface area contributed by atoms with Crippen LogP contribution in [0.4, 0.5) is 0 Å². The van der Waals surface area contributed by atoms with Crippen LogP contribution >= 0.6 is 0 Å². The minimum absolute atomic E-state index is 0.0647. The Hall–Kier alpha value is -0.456. The number of rotatable bonds is 4. The van der Waals surface area contributed by atoms with Gasteiger partial charge in [-0.3, -0.25) is 4.79 Å². The molecule has 0 radical (unpaired) electrons. The van der Waals surface area contributed by atoms with Gasteiger partial charge in [0.1, 0.15) is 5.78 Å². The lowest BCUT2D eigenvalue weighted by Gasteiger charge is -2.44. The summed E-state index contributed by atoms with van der Waals surface area (Å²) < 4.78 is 7.11. The maximum Gasteiger partial charge on any atom is 0.192 e. The third-order valence-corrected chi connectivity index (χ3v) is 13.8. The van der Waals surface area contributed by atoms with E-state index in [0.717, 1.165) is 12.8 Å². The first-order valence-corrected chi connectivity index (χ1v) is 16.9. The molecule has 2 aliphatic rings. The van der Waals surface area contributed by atoms with Crippen LogP contribution in [0.25, 0.3) is 0 Å². The summed E-state index contributed by atoms with van der Waals surface area (Å²) >= 11 is 0. The van der Waals surface area contributed by atoms with Crippen molar-refractivity contribution < 1.29 is 9.22 Å². The van der Waals surface area contributed by atoms with Gasteiger partial charge >= 0.3 is 0 Å². The minimum Gasteiger partial charge on any atom is -0.409 e. The standard InChI is InChI=1S/C23H42O2Si2/c1-15-13-17(16(2)24)20(26(8,9)10)19-18(15)14-23(6,7)21(19)25-27(11,12)22(3,4)5/h17,21H,13-14H2,1-12H3. The Bertz CT molecular complexity index is 697. The maximum atomic E-state index is 12.6. The molecule has 0 amide bonds. The number of fused-ring (bicyclic) bond motifs is 1. The number of Topliss-reactive ketones (excluding diaryl/α,β-unsaturated/α-hetero) is 1. The Labute approximate surface area is 170 Å². The molecule has 1 saturated carbocycles. The highest BCUT2D eigenvalue weighted by Gasteiger charge is 2.52. The fraction of sp³-hybridized carbons (Fsp3) is 0.783. The lowest BCUT2D eigenvalue weighted by molar-refractivity contribution is -0.119. The number of carbonyl (C=O) groups excluding carboxylic acids is 1. The van der Waals surface area contributed by atoms with Crippen LogP contribution in [-0.2, 0) is 9.22 Å². The third-order valence-electron chi connectivity index (χ3n) is 7.11. The normalized spacial score (nSPS) is 26.5. The first-order valence-electron chi connectivity index (χ1n) is 10.5. The van der Waals surface area contributed by atoms with Crippen molar-refractivity contribution in [3.63, 3.8) is 0 Å². The van der Waals surface area contributed by atoms with Crippen LogP contribution in [0, 0.1) is 11.3 Å². The molecule has 0 heterocycles. The molecule has 2 aliphatic carbocycles. The van der Waals surface area contributed by atoms with Gasteiger partial charge in [0.2, 0.25) is 0 Å². The van der Waals surface area contributed by atoms with Gasteiger partial charge in [-0.1, -0.05) is 65.0 Å². The van der Waals surface area contributed by atoms with E-state index in [0.29, 0.717) is 5.78 Å². The molecule has 2 unspecified atom stereocenters. The highest BCUT2D eigenvalue weighted by Crippen LogP contribution is 2.56. The molecule has 0 aliphatic heterocycles. The Balaban J connectivity index is 2.73. The number of hydrogen-bond acceptors (Lipinski definition) is 2. The highest BCUT2D eigenvalue weighted by atomic mass is 28.4. The molecule has 0 aromatic rings. The van der Waals surface area contributed by atoms with Crippen molar-refractivity contribution in [3.8, 4) is 0 Å². The number of ketones is 1. The Kier molecular flexibility index (Phi) is 5.76. The molecule has 2 nitrogen and oxygen atoms in total. The average Bonchev–Trinajstić information content (AvgIpc) is 2.68. The summed E-state index contributed by atoms with van der Waals surface area (Å²) in [6.07, 6.45) is 2.11. The topological polar surface area (TPSA) is 26.3 Å². The molecule has 2 rings (SSSR count). The fourth-order valence-corrected chi connectivity index (χ4v) is 8.38. The predicted octanol–water partition coefficient (Wildman–Crippen LogP) is 6.91. The Morgan fingerprint density at radius 1 is 1.11 bits per heavy atom. The second-order valence-corrected chi connectivity index (χ2v) is 21.9. The zero-order valence-electron chi connectivity index (χ0n) is 19.9. The molecule has 0 aromatic carbocycles. The second kappa shape index (κ2) is 6.81. The van der Waals surface area contributed by atoms with Crippen LogP contribution in [0.5, 0.6) is 0 Å². The van der Waals surface area contributed by atoms with Crippen LogP contribution in [0.1, 0.15) is 61.3 Å². The van der Waals surface area contributed by atoms with Crippen molar-refractivity contribution in [2.45, 2.75) is 105 Å². The van der Waals surface area contributed by atoms with Gasteiger partial charge in [-0.05, 0) is 61.4 Å². The third kappa shape index (κ3) is 4.13. The van der Waals surface area contributed by atoms with Crippen molar-refractivity contribution in [1.82, 2.24) is 0 Å². The van der Waals surface area contributed by atoms with Gasteiger partial charge in [0.05, 0.1) is 14.2 Å². The Morgan fingerprint density at radius 2 is 1.63 bits per heavy atom. The van der Waals surface area contributed by atoms with E-state index in [1.807, 2.05) is 0 Å². The van der Waals surface area contributed by atoms with Crippen molar-refractivity contribution in [3.05, 3.63) is 21.9 Å². The lowest BCUT2D eigenvalue weighted by Crippen LogP contribution is -2.48. The SMILES string of the molecule is CC(=O)C1CC(C)=C2CC(C)(C)C(O[Si](C)(C)C(C)(C)C)C2=C1[Si](C)(C)C.